The van der Waals surface area contributed by atoms with Crippen LogP contribution in [-0.4, -0.2) is 26.0 Å². The maximum Gasteiger partial charge on any atom is 0.0553 e. The Morgan fingerprint density at radius 2 is 2.33 bits per heavy atom. The van der Waals surface area contributed by atoms with Gasteiger partial charge >= 0.3 is 0 Å². The molecule has 84 valence electrons. The molecular formula is C11H16ClNOS. The number of thioether (sulfide) groups is 1. The van der Waals surface area contributed by atoms with Crippen LogP contribution in [0.2, 0.25) is 5.02 Å². The van der Waals surface area contributed by atoms with Gasteiger partial charge in [0.15, 0.2) is 0 Å². The smallest absolute Gasteiger partial charge is 0.0553 e. The van der Waals surface area contributed by atoms with Gasteiger partial charge < -0.3 is 10.5 Å². The predicted molar refractivity (Wildman–Crippen MR) is 67.6 cm³/mol. The Kier molecular flexibility index (Phi) is 6.10. The van der Waals surface area contributed by atoms with Crippen molar-refractivity contribution < 1.29 is 4.74 Å². The Morgan fingerprint density at radius 3 is 2.93 bits per heavy atom. The van der Waals surface area contributed by atoms with Gasteiger partial charge in [-0.25, -0.2) is 0 Å². The highest BCUT2D eigenvalue weighted by Crippen LogP contribution is 2.28. The van der Waals surface area contributed by atoms with Crippen molar-refractivity contribution in [3.63, 3.8) is 0 Å². The van der Waals surface area contributed by atoms with Gasteiger partial charge in [0.25, 0.3) is 0 Å². The number of rotatable bonds is 6. The lowest BCUT2D eigenvalue weighted by molar-refractivity contribution is 0.218. The molecule has 0 aliphatic rings. The number of benzene rings is 1. The molecule has 0 amide bonds. The molecule has 0 aliphatic heterocycles. The molecule has 0 spiro atoms. The van der Waals surface area contributed by atoms with E-state index < -0.39 is 0 Å². The Bertz CT molecular complexity index is 296. The van der Waals surface area contributed by atoms with Crippen LogP contribution in [0.25, 0.3) is 0 Å². The summed E-state index contributed by atoms with van der Waals surface area (Å²) in [5, 5.41) is 1.07. The molecule has 0 saturated heterocycles. The van der Waals surface area contributed by atoms with Crippen molar-refractivity contribution in [3.8, 4) is 0 Å². The summed E-state index contributed by atoms with van der Waals surface area (Å²) in [6.07, 6.45) is 0. The lowest BCUT2D eigenvalue weighted by Crippen LogP contribution is -2.10. The van der Waals surface area contributed by atoms with Crippen LogP contribution < -0.4 is 5.73 Å². The molecule has 1 unspecified atom stereocenters. The summed E-state index contributed by atoms with van der Waals surface area (Å²) in [6.45, 7) is 1.37. The predicted octanol–water partition coefficient (Wildman–Crippen LogP) is 2.72. The van der Waals surface area contributed by atoms with Crippen LogP contribution in [0.4, 0.5) is 0 Å². The lowest BCUT2D eigenvalue weighted by Gasteiger charge is -2.14. The summed E-state index contributed by atoms with van der Waals surface area (Å²) in [5.74, 6) is 0.949. The molecule has 1 atom stereocenters. The van der Waals surface area contributed by atoms with Gasteiger partial charge in [-0.05, 0) is 17.7 Å². The van der Waals surface area contributed by atoms with Gasteiger partial charge in [-0.2, -0.15) is 11.8 Å². The summed E-state index contributed by atoms with van der Waals surface area (Å²) in [6, 6.07) is 7.86. The molecular weight excluding hydrogens is 230 g/mol. The minimum atomic E-state index is 0.304. The van der Waals surface area contributed by atoms with Crippen LogP contribution in [0.5, 0.6) is 0 Å². The van der Waals surface area contributed by atoms with Gasteiger partial charge in [0, 0.05) is 29.7 Å². The zero-order valence-corrected chi connectivity index (χ0v) is 10.4. The molecule has 0 fully saturated rings. The fraction of sp³-hybridized carbons (Fsp3) is 0.455. The van der Waals surface area contributed by atoms with Crippen molar-refractivity contribution >= 4 is 23.4 Å². The number of hydrogen-bond acceptors (Lipinski definition) is 3. The number of hydrogen-bond donors (Lipinski definition) is 1. The highest BCUT2D eigenvalue weighted by Gasteiger charge is 2.09. The normalized spacial score (nSPS) is 12.7. The van der Waals surface area contributed by atoms with Crippen LogP contribution in [-0.2, 0) is 4.74 Å². The topological polar surface area (TPSA) is 35.2 Å². The van der Waals surface area contributed by atoms with E-state index >= 15 is 0 Å². The summed E-state index contributed by atoms with van der Waals surface area (Å²) in [4.78, 5) is 0. The summed E-state index contributed by atoms with van der Waals surface area (Å²) in [5.41, 5.74) is 6.92. The molecule has 1 rings (SSSR count). The second-order valence-corrected chi connectivity index (χ2v) is 4.89. The molecule has 0 saturated carbocycles. The number of nitrogens with two attached hydrogens (primary N) is 1. The number of halogens is 1. The molecule has 0 heterocycles. The van der Waals surface area contributed by atoms with Gasteiger partial charge in [-0.3, -0.25) is 0 Å². The molecule has 2 nitrogen and oxygen atoms in total. The summed E-state index contributed by atoms with van der Waals surface area (Å²) >= 11 is 7.73. The van der Waals surface area contributed by atoms with E-state index in [1.165, 1.54) is 5.56 Å². The van der Waals surface area contributed by atoms with E-state index in [4.69, 9.17) is 22.1 Å². The first-order valence-electron chi connectivity index (χ1n) is 4.84. The third-order valence-electron chi connectivity index (χ3n) is 2.04. The Balaban J connectivity index is 2.57. The van der Waals surface area contributed by atoms with Crippen molar-refractivity contribution in [1.82, 2.24) is 0 Å². The van der Waals surface area contributed by atoms with E-state index in [1.54, 1.807) is 18.9 Å². The molecule has 0 aromatic heterocycles. The zero-order valence-electron chi connectivity index (χ0n) is 8.78. The van der Waals surface area contributed by atoms with Crippen LogP contribution in [0.3, 0.4) is 0 Å². The Hall–Kier alpha value is -0.220. The number of methoxy groups -OCH3 is 1. The van der Waals surface area contributed by atoms with Gasteiger partial charge in [-0.1, -0.05) is 23.7 Å². The largest absolute Gasteiger partial charge is 0.384 e. The maximum atomic E-state index is 5.93. The second-order valence-electron chi connectivity index (χ2n) is 3.14. The van der Waals surface area contributed by atoms with Crippen LogP contribution >= 0.6 is 23.4 Å². The van der Waals surface area contributed by atoms with E-state index in [-0.39, 0.29) is 0 Å². The van der Waals surface area contributed by atoms with Crippen molar-refractivity contribution in [2.24, 2.45) is 5.73 Å². The van der Waals surface area contributed by atoms with Crippen LogP contribution in [0, 0.1) is 0 Å². The van der Waals surface area contributed by atoms with Gasteiger partial charge in [0.05, 0.1) is 6.61 Å². The quantitative estimate of drug-likeness (QED) is 0.783. The third kappa shape index (κ3) is 4.43. The highest BCUT2D eigenvalue weighted by atomic mass is 35.5. The van der Waals surface area contributed by atoms with Crippen LogP contribution in [0.15, 0.2) is 24.3 Å². The summed E-state index contributed by atoms with van der Waals surface area (Å²) < 4.78 is 5.01. The van der Waals surface area contributed by atoms with Gasteiger partial charge in [0.1, 0.15) is 0 Å². The maximum absolute atomic E-state index is 5.93. The van der Waals surface area contributed by atoms with Crippen molar-refractivity contribution in [2.45, 2.75) is 5.25 Å². The third-order valence-corrected chi connectivity index (χ3v) is 3.55. The SMILES string of the molecule is COCCSC(CN)c1cccc(Cl)c1. The van der Waals surface area contributed by atoms with E-state index in [9.17, 15) is 0 Å². The minimum absolute atomic E-state index is 0.304. The highest BCUT2D eigenvalue weighted by molar-refractivity contribution is 7.99. The average Bonchev–Trinajstić information content (AvgIpc) is 2.24. The van der Waals surface area contributed by atoms with E-state index in [0.717, 1.165) is 17.4 Å². The Labute approximate surface area is 100 Å². The Morgan fingerprint density at radius 1 is 1.53 bits per heavy atom. The van der Waals surface area contributed by atoms with Gasteiger partial charge in [0.2, 0.25) is 0 Å². The van der Waals surface area contributed by atoms with Crippen molar-refractivity contribution in [1.29, 1.82) is 0 Å². The van der Waals surface area contributed by atoms with Crippen molar-refractivity contribution in [3.05, 3.63) is 34.9 Å². The summed E-state index contributed by atoms with van der Waals surface area (Å²) in [7, 11) is 1.71. The van der Waals surface area contributed by atoms with E-state index in [2.05, 4.69) is 6.07 Å². The van der Waals surface area contributed by atoms with E-state index in [1.807, 2.05) is 18.2 Å². The van der Waals surface area contributed by atoms with E-state index in [0.29, 0.717) is 11.8 Å². The molecule has 4 heteroatoms. The molecule has 1 aromatic carbocycles. The molecule has 15 heavy (non-hydrogen) atoms. The number of ether oxygens (including phenoxy) is 1. The standard InChI is InChI=1S/C11H16ClNOS/c1-14-5-6-15-11(8-13)9-3-2-4-10(12)7-9/h2-4,7,11H,5-6,8,13H2,1H3. The molecule has 0 bridgehead atoms. The molecule has 0 radical (unpaired) electrons. The fourth-order valence-electron chi connectivity index (χ4n) is 1.28. The second kappa shape index (κ2) is 7.12. The molecule has 0 aliphatic carbocycles. The van der Waals surface area contributed by atoms with Gasteiger partial charge in [-0.15, -0.1) is 0 Å². The molecule has 1 aromatic rings. The minimum Gasteiger partial charge on any atom is -0.384 e. The van der Waals surface area contributed by atoms with Crippen LogP contribution in [0.1, 0.15) is 10.8 Å². The first kappa shape index (κ1) is 12.8. The molecule has 2 N–H and O–H groups in total. The average molecular weight is 246 g/mol. The first-order valence-corrected chi connectivity index (χ1v) is 6.26. The lowest BCUT2D eigenvalue weighted by atomic mass is 10.1. The van der Waals surface area contributed by atoms with Crippen molar-refractivity contribution in [2.75, 3.05) is 26.0 Å². The first-order chi connectivity index (χ1) is 7.27. The monoisotopic (exact) mass is 245 g/mol. The fourth-order valence-corrected chi connectivity index (χ4v) is 2.50. The zero-order chi connectivity index (χ0) is 11.1.